The maximum Gasteiger partial charge on any atom is 0.207 e. The molecule has 0 saturated carbocycles. The molecule has 0 aliphatic carbocycles. The lowest BCUT2D eigenvalue weighted by molar-refractivity contribution is 0.314. The molecule has 0 aliphatic heterocycles. The summed E-state index contributed by atoms with van der Waals surface area (Å²) in [6, 6.07) is 0. The van der Waals surface area contributed by atoms with Crippen LogP contribution in [0.4, 0.5) is 0 Å². The van der Waals surface area contributed by atoms with E-state index in [0.717, 1.165) is 25.7 Å². The van der Waals surface area contributed by atoms with E-state index in [1.165, 1.54) is 30.9 Å². The summed E-state index contributed by atoms with van der Waals surface area (Å²) in [6.07, 6.45) is 11.4. The first-order valence-electron chi connectivity index (χ1n) is 9.82. The maximum atomic E-state index is 10.5. The van der Waals surface area contributed by atoms with Gasteiger partial charge in [0.05, 0.1) is 14.2 Å². The molecular formula is C24H36O4. The zero-order valence-electron chi connectivity index (χ0n) is 18.5. The molecule has 0 aromatic heterocycles. The minimum atomic E-state index is 0.00752. The molecule has 0 heterocycles. The van der Waals surface area contributed by atoms with E-state index in [-0.39, 0.29) is 23.0 Å². The minimum Gasteiger partial charge on any atom is -0.504 e. The van der Waals surface area contributed by atoms with E-state index in [9.17, 15) is 10.2 Å². The summed E-state index contributed by atoms with van der Waals surface area (Å²) in [6.45, 7) is 10.3. The fourth-order valence-electron chi connectivity index (χ4n) is 3.09. The molecule has 1 rings (SSSR count). The number of rotatable bonds is 10. The predicted octanol–water partition coefficient (Wildman–Crippen LogP) is 6.39. The molecule has 1 aromatic rings. The smallest absolute Gasteiger partial charge is 0.207 e. The lowest BCUT2D eigenvalue weighted by Gasteiger charge is -2.17. The van der Waals surface area contributed by atoms with Crippen molar-refractivity contribution in [3.63, 3.8) is 0 Å². The Kier molecular flexibility index (Phi) is 9.70. The Morgan fingerprint density at radius 3 is 1.82 bits per heavy atom. The van der Waals surface area contributed by atoms with Crippen molar-refractivity contribution in [2.45, 2.75) is 66.7 Å². The quantitative estimate of drug-likeness (QED) is 0.360. The molecule has 0 atom stereocenters. The largest absolute Gasteiger partial charge is 0.504 e. The lowest BCUT2D eigenvalue weighted by Crippen LogP contribution is -1.98. The van der Waals surface area contributed by atoms with Crippen molar-refractivity contribution >= 4 is 0 Å². The van der Waals surface area contributed by atoms with Crippen LogP contribution in [0.25, 0.3) is 0 Å². The van der Waals surface area contributed by atoms with Gasteiger partial charge < -0.3 is 19.7 Å². The molecule has 28 heavy (non-hydrogen) atoms. The average Bonchev–Trinajstić information content (AvgIpc) is 2.64. The van der Waals surface area contributed by atoms with Crippen LogP contribution in [0.15, 0.2) is 34.9 Å². The maximum absolute atomic E-state index is 10.5. The van der Waals surface area contributed by atoms with Crippen LogP contribution in [-0.2, 0) is 6.42 Å². The second-order valence-corrected chi connectivity index (χ2v) is 7.53. The monoisotopic (exact) mass is 388 g/mol. The highest BCUT2D eigenvalue weighted by molar-refractivity contribution is 5.66. The molecule has 0 bridgehead atoms. The normalized spacial score (nSPS) is 12.1. The van der Waals surface area contributed by atoms with Crippen LogP contribution in [0.2, 0.25) is 0 Å². The Balaban J connectivity index is 2.78. The highest BCUT2D eigenvalue weighted by atomic mass is 16.5. The Bertz CT molecular complexity index is 751. The molecule has 0 amide bonds. The van der Waals surface area contributed by atoms with Crippen LogP contribution >= 0.6 is 0 Å². The van der Waals surface area contributed by atoms with E-state index in [1.54, 1.807) is 6.92 Å². The van der Waals surface area contributed by atoms with Gasteiger partial charge in [-0.3, -0.25) is 0 Å². The van der Waals surface area contributed by atoms with Crippen LogP contribution in [0.5, 0.6) is 23.0 Å². The fraction of sp³-hybridized carbons (Fsp3) is 0.500. The summed E-state index contributed by atoms with van der Waals surface area (Å²) in [4.78, 5) is 0. The van der Waals surface area contributed by atoms with Crippen molar-refractivity contribution in [2.75, 3.05) is 14.2 Å². The molecule has 156 valence electrons. The minimum absolute atomic E-state index is 0.00752. The molecule has 0 unspecified atom stereocenters. The summed E-state index contributed by atoms with van der Waals surface area (Å²) in [5.74, 6) is 0.360. The van der Waals surface area contributed by atoms with E-state index in [2.05, 4.69) is 45.9 Å². The van der Waals surface area contributed by atoms with Gasteiger partial charge in [-0.2, -0.15) is 0 Å². The number of allylic oxidation sites excluding steroid dienone is 6. The molecule has 4 nitrogen and oxygen atoms in total. The Morgan fingerprint density at radius 2 is 1.29 bits per heavy atom. The molecule has 0 saturated heterocycles. The Morgan fingerprint density at radius 1 is 0.786 bits per heavy atom. The molecule has 0 fully saturated rings. The molecule has 0 radical (unpaired) electrons. The highest BCUT2D eigenvalue weighted by Gasteiger charge is 2.22. The van der Waals surface area contributed by atoms with Gasteiger partial charge in [-0.25, -0.2) is 0 Å². The molecule has 1 aromatic carbocycles. The van der Waals surface area contributed by atoms with Gasteiger partial charge in [0.2, 0.25) is 11.5 Å². The Labute approximate surface area is 170 Å². The fourth-order valence-corrected chi connectivity index (χ4v) is 3.09. The van der Waals surface area contributed by atoms with E-state index in [1.807, 2.05) is 0 Å². The van der Waals surface area contributed by atoms with E-state index in [4.69, 9.17) is 9.47 Å². The third-order valence-electron chi connectivity index (χ3n) is 4.92. The van der Waals surface area contributed by atoms with Gasteiger partial charge in [0.25, 0.3) is 0 Å². The number of aromatic hydroxyl groups is 2. The van der Waals surface area contributed by atoms with Gasteiger partial charge in [-0.05, 0) is 66.7 Å². The second kappa shape index (κ2) is 11.5. The van der Waals surface area contributed by atoms with Gasteiger partial charge in [0.15, 0.2) is 11.5 Å². The first-order chi connectivity index (χ1) is 13.2. The van der Waals surface area contributed by atoms with Crippen LogP contribution < -0.4 is 9.47 Å². The first-order valence-corrected chi connectivity index (χ1v) is 9.82. The van der Waals surface area contributed by atoms with Gasteiger partial charge in [0, 0.05) is 11.1 Å². The lowest BCUT2D eigenvalue weighted by atomic mass is 9.99. The van der Waals surface area contributed by atoms with Gasteiger partial charge in [0.1, 0.15) is 0 Å². The molecule has 0 spiro atoms. The van der Waals surface area contributed by atoms with Gasteiger partial charge in [-0.15, -0.1) is 0 Å². The zero-order chi connectivity index (χ0) is 21.3. The number of phenolic OH excluding ortho intramolecular Hbond substituents is 2. The van der Waals surface area contributed by atoms with Crippen molar-refractivity contribution in [1.29, 1.82) is 0 Å². The van der Waals surface area contributed by atoms with E-state index in [0.29, 0.717) is 17.5 Å². The number of phenols is 2. The van der Waals surface area contributed by atoms with Crippen molar-refractivity contribution in [3.8, 4) is 23.0 Å². The van der Waals surface area contributed by atoms with Crippen molar-refractivity contribution in [1.82, 2.24) is 0 Å². The van der Waals surface area contributed by atoms with Crippen molar-refractivity contribution in [3.05, 3.63) is 46.1 Å². The first kappa shape index (κ1) is 23.7. The summed E-state index contributed by atoms with van der Waals surface area (Å²) in [5, 5.41) is 20.9. The summed E-state index contributed by atoms with van der Waals surface area (Å²) < 4.78 is 10.4. The molecule has 2 N–H and O–H groups in total. The summed E-state index contributed by atoms with van der Waals surface area (Å²) in [7, 11) is 2.89. The van der Waals surface area contributed by atoms with Crippen LogP contribution in [0.1, 0.15) is 64.5 Å². The average molecular weight is 389 g/mol. The number of methoxy groups -OCH3 is 2. The van der Waals surface area contributed by atoms with Crippen molar-refractivity contribution in [2.24, 2.45) is 0 Å². The third kappa shape index (κ3) is 6.66. The molecule has 4 heteroatoms. The molecular weight excluding hydrogens is 352 g/mol. The SMILES string of the molecule is COc1c(O)c(C)c(C/C=C(/C)CC/C=C(\C)CCC=C(C)C)c(O)c1OC. The number of hydrogen-bond donors (Lipinski definition) is 2. The van der Waals surface area contributed by atoms with Gasteiger partial charge >= 0.3 is 0 Å². The van der Waals surface area contributed by atoms with E-state index >= 15 is 0 Å². The van der Waals surface area contributed by atoms with Crippen LogP contribution in [0, 0.1) is 6.92 Å². The van der Waals surface area contributed by atoms with Gasteiger partial charge in [-0.1, -0.05) is 34.9 Å². The third-order valence-corrected chi connectivity index (χ3v) is 4.92. The summed E-state index contributed by atoms with van der Waals surface area (Å²) in [5.41, 5.74) is 5.30. The van der Waals surface area contributed by atoms with Crippen molar-refractivity contribution < 1.29 is 19.7 Å². The standard InChI is InChI=1S/C24H36O4/c1-16(2)10-8-11-17(3)12-9-13-18(4)14-15-20-19(5)21(25)23(27-6)24(28-7)22(20)26/h10,12,14,25-26H,8-9,11,13,15H2,1-7H3/b17-12+,18-14-. The molecule has 0 aliphatic rings. The van der Waals surface area contributed by atoms with E-state index < -0.39 is 0 Å². The zero-order valence-corrected chi connectivity index (χ0v) is 18.5. The highest BCUT2D eigenvalue weighted by Crippen LogP contribution is 2.48. The van der Waals surface area contributed by atoms with Crippen LogP contribution in [-0.4, -0.2) is 24.4 Å². The summed E-state index contributed by atoms with van der Waals surface area (Å²) >= 11 is 0. The predicted molar refractivity (Wildman–Crippen MR) is 117 cm³/mol. The second-order valence-electron chi connectivity index (χ2n) is 7.53. The number of benzene rings is 1. The van der Waals surface area contributed by atoms with Crippen LogP contribution in [0.3, 0.4) is 0 Å². The number of ether oxygens (including phenoxy) is 2. The topological polar surface area (TPSA) is 58.9 Å². The Hall–Kier alpha value is -2.36. The number of hydrogen-bond acceptors (Lipinski definition) is 4.